The van der Waals surface area contributed by atoms with E-state index in [1.165, 1.54) is 24.5 Å². The number of H-pyrrole nitrogens is 2. The minimum Gasteiger partial charge on any atom is -0.391 e. The molecule has 0 fully saturated rings. The molecular weight excluding hydrogens is 462 g/mol. The molecule has 0 aliphatic carbocycles. The molecule has 0 bridgehead atoms. The fourth-order valence-electron chi connectivity index (χ4n) is 3.88. The van der Waals surface area contributed by atoms with Crippen LogP contribution in [0.4, 0.5) is 20.2 Å². The first-order chi connectivity index (χ1) is 16.7. The van der Waals surface area contributed by atoms with Gasteiger partial charge in [0.05, 0.1) is 41.2 Å². The van der Waals surface area contributed by atoms with Crippen LogP contribution in [0.3, 0.4) is 0 Å². The maximum absolute atomic E-state index is 14.4. The number of nitrogens with zero attached hydrogens (tertiary/aromatic N) is 1. The second-order valence-electron chi connectivity index (χ2n) is 8.06. The molecule has 1 aliphatic rings. The van der Waals surface area contributed by atoms with E-state index >= 15 is 0 Å². The molecule has 2 aromatic heterocycles. The maximum Gasteiger partial charge on any atom is 0.256 e. The monoisotopic (exact) mass is 484 g/mol. The van der Waals surface area contributed by atoms with Crippen LogP contribution in [0.15, 0.2) is 24.5 Å². The second-order valence-corrected chi connectivity index (χ2v) is 8.06. The number of aryl methyl sites for hydroxylation is 1. The summed E-state index contributed by atoms with van der Waals surface area (Å²) >= 11 is 0. The van der Waals surface area contributed by atoms with Crippen LogP contribution in [0, 0.1) is 25.5 Å². The van der Waals surface area contributed by atoms with Crippen molar-refractivity contribution in [3.05, 3.63) is 64.2 Å². The van der Waals surface area contributed by atoms with Crippen LogP contribution in [0.5, 0.6) is 0 Å². The first-order valence-electron chi connectivity index (χ1n) is 10.6. The Morgan fingerprint density at radius 3 is 2.74 bits per heavy atom. The minimum atomic E-state index is -1.14. The molecule has 1 unspecified atom stereocenters. The highest BCUT2D eigenvalue weighted by Gasteiger charge is 2.30. The van der Waals surface area contributed by atoms with Gasteiger partial charge in [0.25, 0.3) is 11.8 Å². The van der Waals surface area contributed by atoms with Gasteiger partial charge in [-0.2, -0.15) is 5.10 Å². The standard InChI is InChI=1S/C23H22F2N6O4/c1-10-17(6-14-20-16(31-22(14)34)4-3-15(24)21(20)25)29-11(2)19(10)23(35)26-9-13(32)5-18(33)30-12-7-27-28-8-12/h3-4,6-8,13,29,32H,5,9H2,1-2H3,(H,26,35)(H,27,28)(H,30,33)(H,31,34)/b14-6-. The van der Waals surface area contributed by atoms with Crippen LogP contribution in [0.2, 0.25) is 0 Å². The molecule has 0 saturated carbocycles. The molecule has 182 valence electrons. The van der Waals surface area contributed by atoms with Gasteiger partial charge in [-0.25, -0.2) is 8.78 Å². The Hall–Kier alpha value is -4.32. The number of halogens is 2. The van der Waals surface area contributed by atoms with Gasteiger partial charge in [0.2, 0.25) is 5.91 Å². The van der Waals surface area contributed by atoms with Crippen molar-refractivity contribution in [3.8, 4) is 0 Å². The summed E-state index contributed by atoms with van der Waals surface area (Å²) in [4.78, 5) is 40.1. The highest BCUT2D eigenvalue weighted by molar-refractivity contribution is 6.35. The topological polar surface area (TPSA) is 152 Å². The zero-order valence-electron chi connectivity index (χ0n) is 18.8. The molecule has 4 rings (SSSR count). The summed E-state index contributed by atoms with van der Waals surface area (Å²) in [7, 11) is 0. The second kappa shape index (κ2) is 9.50. The molecule has 3 heterocycles. The summed E-state index contributed by atoms with van der Waals surface area (Å²) in [6, 6.07) is 2.21. The number of aliphatic hydroxyl groups excluding tert-OH is 1. The Morgan fingerprint density at radius 2 is 2.03 bits per heavy atom. The van der Waals surface area contributed by atoms with E-state index in [2.05, 4.69) is 31.1 Å². The van der Waals surface area contributed by atoms with Crippen molar-refractivity contribution in [2.75, 3.05) is 17.2 Å². The predicted octanol–water partition coefficient (Wildman–Crippen LogP) is 2.25. The van der Waals surface area contributed by atoms with Gasteiger partial charge in [-0.15, -0.1) is 0 Å². The molecule has 12 heteroatoms. The molecule has 10 nitrogen and oxygen atoms in total. The first kappa shape index (κ1) is 23.8. The van der Waals surface area contributed by atoms with Gasteiger partial charge >= 0.3 is 0 Å². The minimum absolute atomic E-state index is 0.0765. The van der Waals surface area contributed by atoms with Crippen molar-refractivity contribution < 1.29 is 28.3 Å². The number of benzene rings is 1. The number of anilines is 2. The smallest absolute Gasteiger partial charge is 0.256 e. The lowest BCUT2D eigenvalue weighted by atomic mass is 10.0. The fourth-order valence-corrected chi connectivity index (χ4v) is 3.88. The molecule has 35 heavy (non-hydrogen) atoms. The number of hydrogen-bond donors (Lipinski definition) is 6. The van der Waals surface area contributed by atoms with Gasteiger partial charge < -0.3 is 26.0 Å². The van der Waals surface area contributed by atoms with E-state index in [1.807, 2.05) is 0 Å². The van der Waals surface area contributed by atoms with Gasteiger partial charge in [0.15, 0.2) is 11.6 Å². The Labute approximate surface area is 197 Å². The number of carbonyl (C=O) groups is 3. The number of fused-ring (bicyclic) bond motifs is 1. The molecular formula is C23H22F2N6O4. The largest absolute Gasteiger partial charge is 0.391 e. The zero-order chi connectivity index (χ0) is 25.3. The number of amides is 3. The lowest BCUT2D eigenvalue weighted by Gasteiger charge is -2.12. The van der Waals surface area contributed by atoms with E-state index in [-0.39, 0.29) is 35.4 Å². The lowest BCUT2D eigenvalue weighted by molar-refractivity contribution is -0.118. The highest BCUT2D eigenvalue weighted by atomic mass is 19.2. The average Bonchev–Trinajstić information content (AvgIpc) is 3.48. The molecule has 0 saturated heterocycles. The lowest BCUT2D eigenvalue weighted by Crippen LogP contribution is -2.34. The average molecular weight is 484 g/mol. The maximum atomic E-state index is 14.4. The summed E-state index contributed by atoms with van der Waals surface area (Å²) in [5.41, 5.74) is 1.93. The third-order valence-electron chi connectivity index (χ3n) is 5.55. The van der Waals surface area contributed by atoms with E-state index in [0.29, 0.717) is 22.6 Å². The van der Waals surface area contributed by atoms with Crippen molar-refractivity contribution >= 4 is 40.7 Å². The summed E-state index contributed by atoms with van der Waals surface area (Å²) in [5, 5.41) is 24.0. The quantitative estimate of drug-likeness (QED) is 0.284. The molecule has 1 aliphatic heterocycles. The molecule has 0 spiro atoms. The highest BCUT2D eigenvalue weighted by Crippen LogP contribution is 2.36. The number of aliphatic hydroxyl groups is 1. The van der Waals surface area contributed by atoms with Crippen molar-refractivity contribution in [3.63, 3.8) is 0 Å². The number of hydrogen-bond acceptors (Lipinski definition) is 5. The Balaban J connectivity index is 1.46. The van der Waals surface area contributed by atoms with Crippen LogP contribution >= 0.6 is 0 Å². The van der Waals surface area contributed by atoms with Gasteiger partial charge in [0, 0.05) is 29.7 Å². The van der Waals surface area contributed by atoms with Crippen molar-refractivity contribution in [2.45, 2.75) is 26.4 Å². The third kappa shape index (κ3) is 4.82. The predicted molar refractivity (Wildman–Crippen MR) is 123 cm³/mol. The van der Waals surface area contributed by atoms with Gasteiger partial charge in [-0.05, 0) is 37.6 Å². The molecule has 3 aromatic rings. The van der Waals surface area contributed by atoms with E-state index in [4.69, 9.17) is 0 Å². The number of rotatable bonds is 7. The summed E-state index contributed by atoms with van der Waals surface area (Å²) in [6.45, 7) is 3.09. The summed E-state index contributed by atoms with van der Waals surface area (Å²) in [5.74, 6) is -3.78. The van der Waals surface area contributed by atoms with E-state index in [9.17, 15) is 28.3 Å². The van der Waals surface area contributed by atoms with Gasteiger partial charge in [-0.3, -0.25) is 19.5 Å². The third-order valence-corrected chi connectivity index (χ3v) is 5.55. The fraction of sp³-hybridized carbons (Fsp3) is 0.217. The van der Waals surface area contributed by atoms with Gasteiger partial charge in [-0.1, -0.05) is 0 Å². The van der Waals surface area contributed by atoms with E-state index < -0.39 is 35.5 Å². The van der Waals surface area contributed by atoms with Crippen LogP contribution in [-0.4, -0.2) is 50.7 Å². The van der Waals surface area contributed by atoms with Gasteiger partial charge in [0.1, 0.15) is 0 Å². The van der Waals surface area contributed by atoms with E-state index in [0.717, 1.165) is 6.07 Å². The van der Waals surface area contributed by atoms with Crippen LogP contribution in [0.25, 0.3) is 11.6 Å². The summed E-state index contributed by atoms with van der Waals surface area (Å²) in [6.07, 6.45) is 2.87. The van der Waals surface area contributed by atoms with Crippen LogP contribution < -0.4 is 16.0 Å². The molecule has 1 aromatic carbocycles. The van der Waals surface area contributed by atoms with Crippen LogP contribution in [-0.2, 0) is 9.59 Å². The number of aromatic nitrogens is 3. The first-order valence-corrected chi connectivity index (χ1v) is 10.6. The van der Waals surface area contributed by atoms with Crippen molar-refractivity contribution in [1.29, 1.82) is 0 Å². The molecule has 6 N–H and O–H groups in total. The Morgan fingerprint density at radius 1 is 1.26 bits per heavy atom. The summed E-state index contributed by atoms with van der Waals surface area (Å²) < 4.78 is 28.1. The SMILES string of the molecule is Cc1[nH]c(/C=C2\C(=O)Nc3ccc(F)c(F)c32)c(C)c1C(=O)NCC(O)CC(=O)Nc1cn[nH]c1. The van der Waals surface area contributed by atoms with E-state index in [1.54, 1.807) is 13.8 Å². The Bertz CT molecular complexity index is 1350. The van der Waals surface area contributed by atoms with Crippen LogP contribution in [0.1, 0.15) is 39.3 Å². The number of carbonyl (C=O) groups excluding carboxylic acids is 3. The molecule has 3 amide bonds. The Kier molecular flexibility index (Phi) is 6.47. The van der Waals surface area contributed by atoms with Crippen molar-refractivity contribution in [2.24, 2.45) is 0 Å². The van der Waals surface area contributed by atoms with Crippen molar-refractivity contribution in [1.82, 2.24) is 20.5 Å². The zero-order valence-corrected chi connectivity index (χ0v) is 18.8. The normalized spacial score (nSPS) is 14.5. The number of aromatic amines is 2. The molecule has 0 radical (unpaired) electrons. The number of nitrogens with one attached hydrogen (secondary N) is 5. The molecule has 1 atom stereocenters.